The molecule has 0 spiro atoms. The van der Waals surface area contributed by atoms with Crippen LogP contribution in [0, 0.1) is 13.8 Å². The number of nitrogens with zero attached hydrogens (tertiary/aromatic N) is 4. The van der Waals surface area contributed by atoms with Crippen molar-refractivity contribution in [1.82, 2.24) is 15.0 Å². The van der Waals surface area contributed by atoms with E-state index in [1.165, 1.54) is 5.56 Å². The molecule has 5 nitrogen and oxygen atoms in total. The van der Waals surface area contributed by atoms with E-state index in [2.05, 4.69) is 26.8 Å². The van der Waals surface area contributed by atoms with E-state index in [0.717, 1.165) is 48.8 Å². The third kappa shape index (κ3) is 3.41. The van der Waals surface area contributed by atoms with Gasteiger partial charge in [0.1, 0.15) is 17.2 Å². The Kier molecular flexibility index (Phi) is 4.81. The van der Waals surface area contributed by atoms with E-state index >= 15 is 0 Å². The van der Waals surface area contributed by atoms with E-state index in [9.17, 15) is 5.11 Å². The van der Waals surface area contributed by atoms with Crippen molar-refractivity contribution in [3.63, 3.8) is 0 Å². The lowest BCUT2D eigenvalue weighted by Gasteiger charge is -2.39. The predicted octanol–water partition coefficient (Wildman–Crippen LogP) is 2.93. The Balaban J connectivity index is 1.77. The van der Waals surface area contributed by atoms with Crippen LogP contribution in [0.15, 0.2) is 24.5 Å². The predicted molar refractivity (Wildman–Crippen MR) is 95.1 cm³/mol. The van der Waals surface area contributed by atoms with Gasteiger partial charge in [-0.2, -0.15) is 0 Å². The maximum atomic E-state index is 11.0. The summed E-state index contributed by atoms with van der Waals surface area (Å²) < 4.78 is 0. The van der Waals surface area contributed by atoms with E-state index in [1.54, 1.807) is 0 Å². The number of hydrogen-bond acceptors (Lipinski definition) is 5. The van der Waals surface area contributed by atoms with Gasteiger partial charge in [0.15, 0.2) is 0 Å². The second-order valence-electron chi connectivity index (χ2n) is 6.76. The van der Waals surface area contributed by atoms with Gasteiger partial charge >= 0.3 is 0 Å². The van der Waals surface area contributed by atoms with Crippen LogP contribution in [0.2, 0.25) is 0 Å². The molecule has 0 amide bonds. The fourth-order valence-corrected chi connectivity index (χ4v) is 3.29. The topological polar surface area (TPSA) is 62.1 Å². The van der Waals surface area contributed by atoms with Gasteiger partial charge in [0.2, 0.25) is 0 Å². The van der Waals surface area contributed by atoms with Crippen LogP contribution in [0.3, 0.4) is 0 Å². The molecule has 128 valence electrons. The first-order valence-corrected chi connectivity index (χ1v) is 8.75. The molecule has 0 aromatic carbocycles. The highest BCUT2D eigenvalue weighted by Crippen LogP contribution is 2.34. The maximum absolute atomic E-state index is 11.0. The van der Waals surface area contributed by atoms with Crippen molar-refractivity contribution in [1.29, 1.82) is 0 Å². The first-order chi connectivity index (χ1) is 11.5. The van der Waals surface area contributed by atoms with Crippen LogP contribution >= 0.6 is 0 Å². The van der Waals surface area contributed by atoms with Crippen LogP contribution in [-0.4, -0.2) is 33.1 Å². The molecular weight excluding hydrogens is 300 g/mol. The fraction of sp³-hybridized carbons (Fsp3) is 0.526. The molecular formula is C19H26N4O. The van der Waals surface area contributed by atoms with Crippen molar-refractivity contribution in [2.24, 2.45) is 0 Å². The number of aryl methyl sites for hydroxylation is 3. The summed E-state index contributed by atoms with van der Waals surface area (Å²) >= 11 is 0. The van der Waals surface area contributed by atoms with Crippen molar-refractivity contribution in [2.75, 3.05) is 18.0 Å². The van der Waals surface area contributed by atoms with Crippen molar-refractivity contribution in [2.45, 2.75) is 52.1 Å². The lowest BCUT2D eigenvalue weighted by molar-refractivity contribution is 0.00745. The second kappa shape index (κ2) is 6.85. The van der Waals surface area contributed by atoms with Crippen LogP contribution in [0.25, 0.3) is 0 Å². The molecule has 24 heavy (non-hydrogen) atoms. The van der Waals surface area contributed by atoms with Crippen LogP contribution in [0.1, 0.15) is 48.8 Å². The molecule has 0 aliphatic carbocycles. The monoisotopic (exact) mass is 326 g/mol. The van der Waals surface area contributed by atoms with Crippen molar-refractivity contribution in [3.05, 3.63) is 47.2 Å². The quantitative estimate of drug-likeness (QED) is 0.936. The smallest absolute Gasteiger partial charge is 0.135 e. The third-order valence-electron chi connectivity index (χ3n) is 4.76. The molecule has 0 atom stereocenters. The Hall–Kier alpha value is -2.01. The zero-order valence-corrected chi connectivity index (χ0v) is 14.8. The normalized spacial score (nSPS) is 17.1. The SMILES string of the molecule is CCCc1cnc(C)nc1N1CCC(O)(c2ccc(C)cn2)CC1. The van der Waals surface area contributed by atoms with Gasteiger partial charge in [-0.25, -0.2) is 9.97 Å². The summed E-state index contributed by atoms with van der Waals surface area (Å²) in [6.45, 7) is 7.66. The van der Waals surface area contributed by atoms with Gasteiger partial charge in [-0.1, -0.05) is 19.4 Å². The van der Waals surface area contributed by atoms with E-state index in [0.29, 0.717) is 12.8 Å². The van der Waals surface area contributed by atoms with Gasteiger partial charge in [-0.05, 0) is 44.7 Å². The number of pyridine rings is 1. The zero-order valence-electron chi connectivity index (χ0n) is 14.8. The van der Waals surface area contributed by atoms with Gasteiger partial charge in [-0.3, -0.25) is 4.98 Å². The van der Waals surface area contributed by atoms with Gasteiger partial charge in [0.25, 0.3) is 0 Å². The van der Waals surface area contributed by atoms with Gasteiger partial charge in [0.05, 0.1) is 5.69 Å². The standard InChI is InChI=1S/C19H26N4O/c1-4-5-16-13-20-15(3)22-18(16)23-10-8-19(24,9-11-23)17-7-6-14(2)12-21-17/h6-7,12-13,24H,4-5,8-11H2,1-3H3. The minimum absolute atomic E-state index is 0.664. The molecule has 0 bridgehead atoms. The molecule has 3 heterocycles. The van der Waals surface area contributed by atoms with Crippen LogP contribution in [0.4, 0.5) is 5.82 Å². The van der Waals surface area contributed by atoms with E-state index < -0.39 is 5.60 Å². The molecule has 5 heteroatoms. The van der Waals surface area contributed by atoms with E-state index in [4.69, 9.17) is 0 Å². The molecule has 0 saturated carbocycles. The summed E-state index contributed by atoms with van der Waals surface area (Å²) in [5.74, 6) is 1.83. The van der Waals surface area contributed by atoms with E-state index in [-0.39, 0.29) is 0 Å². The molecule has 0 unspecified atom stereocenters. The number of hydrogen-bond donors (Lipinski definition) is 1. The largest absolute Gasteiger partial charge is 0.383 e. The average molecular weight is 326 g/mol. The number of rotatable bonds is 4. The maximum Gasteiger partial charge on any atom is 0.135 e. The highest BCUT2D eigenvalue weighted by molar-refractivity contribution is 5.47. The third-order valence-corrected chi connectivity index (χ3v) is 4.76. The van der Waals surface area contributed by atoms with Gasteiger partial charge < -0.3 is 10.0 Å². The average Bonchev–Trinajstić information content (AvgIpc) is 2.58. The van der Waals surface area contributed by atoms with Crippen molar-refractivity contribution in [3.8, 4) is 0 Å². The Morgan fingerprint density at radius 3 is 2.50 bits per heavy atom. The van der Waals surface area contributed by atoms with Crippen LogP contribution < -0.4 is 4.90 Å². The number of aromatic nitrogens is 3. The molecule has 0 radical (unpaired) electrons. The molecule has 2 aromatic heterocycles. The lowest BCUT2D eigenvalue weighted by Crippen LogP contribution is -2.43. The number of piperidine rings is 1. The number of aliphatic hydroxyl groups is 1. The number of anilines is 1. The van der Waals surface area contributed by atoms with Crippen LogP contribution in [0.5, 0.6) is 0 Å². The van der Waals surface area contributed by atoms with Crippen LogP contribution in [-0.2, 0) is 12.0 Å². The molecule has 1 fully saturated rings. The van der Waals surface area contributed by atoms with Gasteiger partial charge in [0, 0.05) is 31.0 Å². The zero-order chi connectivity index (χ0) is 17.2. The van der Waals surface area contributed by atoms with Crippen molar-refractivity contribution >= 4 is 5.82 Å². The first-order valence-electron chi connectivity index (χ1n) is 8.75. The molecule has 1 aliphatic heterocycles. The molecule has 3 rings (SSSR count). The summed E-state index contributed by atoms with van der Waals surface area (Å²) in [4.78, 5) is 15.7. The Morgan fingerprint density at radius 2 is 1.88 bits per heavy atom. The summed E-state index contributed by atoms with van der Waals surface area (Å²) in [5.41, 5.74) is 2.25. The van der Waals surface area contributed by atoms with Gasteiger partial charge in [-0.15, -0.1) is 0 Å². The molecule has 1 saturated heterocycles. The Labute approximate surface area is 143 Å². The summed E-state index contributed by atoms with van der Waals surface area (Å²) in [7, 11) is 0. The second-order valence-corrected chi connectivity index (χ2v) is 6.76. The molecule has 1 N–H and O–H groups in total. The Morgan fingerprint density at radius 1 is 1.12 bits per heavy atom. The highest BCUT2D eigenvalue weighted by Gasteiger charge is 2.36. The summed E-state index contributed by atoms with van der Waals surface area (Å²) in [5, 5.41) is 11.0. The highest BCUT2D eigenvalue weighted by atomic mass is 16.3. The summed E-state index contributed by atoms with van der Waals surface area (Å²) in [6.07, 6.45) is 7.16. The minimum atomic E-state index is -0.836. The molecule has 1 aliphatic rings. The van der Waals surface area contributed by atoms with Crippen molar-refractivity contribution < 1.29 is 5.11 Å². The fourth-order valence-electron chi connectivity index (χ4n) is 3.29. The van der Waals surface area contributed by atoms with E-state index in [1.807, 2.05) is 38.4 Å². The minimum Gasteiger partial charge on any atom is -0.383 e. The summed E-state index contributed by atoms with van der Waals surface area (Å²) in [6, 6.07) is 3.96. The lowest BCUT2D eigenvalue weighted by atomic mass is 9.87. The first kappa shape index (κ1) is 16.8. The molecule has 2 aromatic rings. The Bertz CT molecular complexity index is 691.